The van der Waals surface area contributed by atoms with E-state index in [9.17, 15) is 5.11 Å². The first kappa shape index (κ1) is 13.1. The Hall–Kier alpha value is -0.930. The molecule has 0 aromatic heterocycles. The number of hydrogen-bond donors (Lipinski definition) is 2. The molecule has 2 N–H and O–H groups in total. The predicted octanol–water partition coefficient (Wildman–Crippen LogP) is 3.33. The van der Waals surface area contributed by atoms with E-state index in [1.54, 1.807) is 12.1 Å². The molecule has 2 aliphatic carbocycles. The van der Waals surface area contributed by atoms with Crippen LogP contribution in [0.1, 0.15) is 31.2 Å². The number of nitrogens with one attached hydrogen (secondary N) is 1. The van der Waals surface area contributed by atoms with Gasteiger partial charge in [-0.1, -0.05) is 11.6 Å². The second-order valence-electron chi connectivity index (χ2n) is 5.86. The number of rotatable bonds is 6. The molecule has 3 nitrogen and oxygen atoms in total. The predicted molar refractivity (Wildman–Crippen MR) is 75.8 cm³/mol. The molecule has 0 saturated heterocycles. The summed E-state index contributed by atoms with van der Waals surface area (Å²) in [5.74, 6) is 1.57. The van der Waals surface area contributed by atoms with E-state index in [2.05, 4.69) is 5.32 Å². The molecule has 0 spiro atoms. The monoisotopic (exact) mass is 281 g/mol. The number of halogens is 1. The van der Waals surface area contributed by atoms with Crippen molar-refractivity contribution in [3.63, 3.8) is 0 Å². The van der Waals surface area contributed by atoms with Gasteiger partial charge in [-0.15, -0.1) is 0 Å². The fourth-order valence-electron chi connectivity index (χ4n) is 2.95. The van der Waals surface area contributed by atoms with E-state index in [0.717, 1.165) is 18.0 Å². The minimum absolute atomic E-state index is 0.190. The lowest BCUT2D eigenvalue weighted by Gasteiger charge is -2.16. The lowest BCUT2D eigenvalue weighted by Crippen LogP contribution is -2.25. The minimum Gasteiger partial charge on any atom is -0.504 e. The van der Waals surface area contributed by atoms with Crippen molar-refractivity contribution in [2.45, 2.75) is 32.2 Å². The Bertz CT molecular complexity index is 481. The lowest BCUT2D eigenvalue weighted by atomic mass is 10.0. The number of ether oxygens (including phenoxy) is 1. The SMILES string of the molecule is COc1cc(Cl)cc(CNCC2(C3CC3)CC2)c1O. The third-order valence-corrected chi connectivity index (χ3v) is 4.68. The van der Waals surface area contributed by atoms with Gasteiger partial charge in [-0.05, 0) is 43.1 Å². The van der Waals surface area contributed by atoms with E-state index >= 15 is 0 Å². The van der Waals surface area contributed by atoms with E-state index in [4.69, 9.17) is 16.3 Å². The van der Waals surface area contributed by atoms with Gasteiger partial charge in [0.25, 0.3) is 0 Å². The smallest absolute Gasteiger partial charge is 0.162 e. The fourth-order valence-corrected chi connectivity index (χ4v) is 3.18. The second kappa shape index (κ2) is 4.88. The largest absolute Gasteiger partial charge is 0.504 e. The van der Waals surface area contributed by atoms with E-state index in [1.165, 1.54) is 32.8 Å². The van der Waals surface area contributed by atoms with Crippen molar-refractivity contribution in [3.8, 4) is 11.5 Å². The van der Waals surface area contributed by atoms with Crippen LogP contribution in [0, 0.1) is 11.3 Å². The van der Waals surface area contributed by atoms with Crippen LogP contribution in [0.4, 0.5) is 0 Å². The molecule has 0 radical (unpaired) electrons. The molecule has 0 bridgehead atoms. The zero-order chi connectivity index (χ0) is 13.5. The van der Waals surface area contributed by atoms with Crippen LogP contribution in [0.25, 0.3) is 0 Å². The van der Waals surface area contributed by atoms with Crippen molar-refractivity contribution >= 4 is 11.6 Å². The average Bonchev–Trinajstić information content (AvgIpc) is 3.25. The van der Waals surface area contributed by atoms with Crippen LogP contribution in [0.15, 0.2) is 12.1 Å². The Morgan fingerprint density at radius 3 is 2.74 bits per heavy atom. The minimum atomic E-state index is 0.190. The van der Waals surface area contributed by atoms with Gasteiger partial charge in [0.2, 0.25) is 0 Å². The molecule has 2 aliphatic rings. The third-order valence-electron chi connectivity index (χ3n) is 4.47. The van der Waals surface area contributed by atoms with Gasteiger partial charge in [0.15, 0.2) is 11.5 Å². The van der Waals surface area contributed by atoms with Crippen LogP contribution in [-0.4, -0.2) is 18.8 Å². The normalized spacial score (nSPS) is 20.3. The highest BCUT2D eigenvalue weighted by atomic mass is 35.5. The zero-order valence-corrected chi connectivity index (χ0v) is 12.0. The maximum Gasteiger partial charge on any atom is 0.162 e. The fraction of sp³-hybridized carbons (Fsp3) is 0.600. The number of aromatic hydroxyl groups is 1. The van der Waals surface area contributed by atoms with E-state index in [1.807, 2.05) is 0 Å². The van der Waals surface area contributed by atoms with Crippen molar-refractivity contribution in [2.24, 2.45) is 11.3 Å². The van der Waals surface area contributed by atoms with Crippen molar-refractivity contribution in [3.05, 3.63) is 22.7 Å². The first-order chi connectivity index (χ1) is 9.14. The first-order valence-corrected chi connectivity index (χ1v) is 7.28. The third kappa shape index (κ3) is 2.67. The molecular formula is C15H20ClNO2. The summed E-state index contributed by atoms with van der Waals surface area (Å²) < 4.78 is 5.11. The Morgan fingerprint density at radius 2 is 2.16 bits per heavy atom. The molecule has 104 valence electrons. The lowest BCUT2D eigenvalue weighted by molar-refractivity contribution is 0.366. The van der Waals surface area contributed by atoms with Crippen LogP contribution in [0.5, 0.6) is 11.5 Å². The summed E-state index contributed by atoms with van der Waals surface area (Å²) in [6.07, 6.45) is 5.51. The van der Waals surface area contributed by atoms with Crippen molar-refractivity contribution < 1.29 is 9.84 Å². The molecule has 3 rings (SSSR count). The molecule has 4 heteroatoms. The molecule has 0 heterocycles. The van der Waals surface area contributed by atoms with Crippen LogP contribution in [0.3, 0.4) is 0 Å². The first-order valence-electron chi connectivity index (χ1n) is 6.91. The highest BCUT2D eigenvalue weighted by Crippen LogP contribution is 2.60. The Balaban J connectivity index is 1.61. The summed E-state index contributed by atoms with van der Waals surface area (Å²) in [5.41, 5.74) is 1.37. The molecule has 0 unspecified atom stereocenters. The van der Waals surface area contributed by atoms with Crippen molar-refractivity contribution in [2.75, 3.05) is 13.7 Å². The molecule has 19 heavy (non-hydrogen) atoms. The molecule has 0 amide bonds. The summed E-state index contributed by atoms with van der Waals surface area (Å²) in [5, 5.41) is 14.1. The quantitative estimate of drug-likeness (QED) is 0.840. The molecule has 0 aliphatic heterocycles. The molecule has 2 saturated carbocycles. The van der Waals surface area contributed by atoms with Crippen LogP contribution in [-0.2, 0) is 6.54 Å². The summed E-state index contributed by atoms with van der Waals surface area (Å²) in [6.45, 7) is 1.68. The standard InChI is InChI=1S/C15H20ClNO2/c1-19-13-7-12(16)6-10(14(13)18)8-17-9-15(4-5-15)11-2-3-11/h6-7,11,17-18H,2-5,8-9H2,1H3. The van der Waals surface area contributed by atoms with Gasteiger partial charge in [0, 0.05) is 29.7 Å². The summed E-state index contributed by atoms with van der Waals surface area (Å²) in [7, 11) is 1.54. The van der Waals surface area contributed by atoms with Gasteiger partial charge in [-0.3, -0.25) is 0 Å². The van der Waals surface area contributed by atoms with Gasteiger partial charge < -0.3 is 15.2 Å². The van der Waals surface area contributed by atoms with E-state index < -0.39 is 0 Å². The van der Waals surface area contributed by atoms with Crippen molar-refractivity contribution in [1.82, 2.24) is 5.32 Å². The zero-order valence-electron chi connectivity index (χ0n) is 11.2. The Labute approximate surface area is 118 Å². The maximum atomic E-state index is 10.1. The van der Waals surface area contributed by atoms with Crippen molar-refractivity contribution in [1.29, 1.82) is 0 Å². The molecule has 1 aromatic rings. The Kier molecular flexibility index (Phi) is 3.35. The van der Waals surface area contributed by atoms with E-state index in [-0.39, 0.29) is 5.75 Å². The number of methoxy groups -OCH3 is 1. The number of hydrogen-bond acceptors (Lipinski definition) is 3. The van der Waals surface area contributed by atoms with Crippen LogP contribution >= 0.6 is 11.6 Å². The molecule has 1 aromatic carbocycles. The number of benzene rings is 1. The molecular weight excluding hydrogens is 262 g/mol. The van der Waals surface area contributed by atoms with Gasteiger partial charge in [-0.2, -0.15) is 0 Å². The highest BCUT2D eigenvalue weighted by molar-refractivity contribution is 6.30. The van der Waals surface area contributed by atoms with Gasteiger partial charge in [-0.25, -0.2) is 0 Å². The Morgan fingerprint density at radius 1 is 1.42 bits per heavy atom. The average molecular weight is 282 g/mol. The van der Waals surface area contributed by atoms with Crippen LogP contribution in [0.2, 0.25) is 5.02 Å². The number of phenolic OH excluding ortho intramolecular Hbond substituents is 1. The summed E-state index contributed by atoms with van der Waals surface area (Å²) in [6, 6.07) is 3.43. The van der Waals surface area contributed by atoms with Crippen LogP contribution < -0.4 is 10.1 Å². The molecule has 0 atom stereocenters. The summed E-state index contributed by atoms with van der Waals surface area (Å²) >= 11 is 6.02. The van der Waals surface area contributed by atoms with Gasteiger partial charge in [0.1, 0.15) is 0 Å². The molecule has 2 fully saturated rings. The van der Waals surface area contributed by atoms with Gasteiger partial charge in [0.05, 0.1) is 7.11 Å². The topological polar surface area (TPSA) is 41.5 Å². The van der Waals surface area contributed by atoms with Gasteiger partial charge >= 0.3 is 0 Å². The second-order valence-corrected chi connectivity index (χ2v) is 6.29. The summed E-state index contributed by atoms with van der Waals surface area (Å²) in [4.78, 5) is 0. The van der Waals surface area contributed by atoms with E-state index in [0.29, 0.717) is 22.7 Å². The highest BCUT2D eigenvalue weighted by Gasteiger charge is 2.53. The number of phenols is 1. The maximum absolute atomic E-state index is 10.1.